The molecule has 1 amide bonds. The fourth-order valence-corrected chi connectivity index (χ4v) is 4.20. The summed E-state index contributed by atoms with van der Waals surface area (Å²) in [5, 5.41) is 6.61. The van der Waals surface area contributed by atoms with E-state index in [0.717, 1.165) is 44.2 Å². The number of amides is 1. The Kier molecular flexibility index (Phi) is 8.17. The van der Waals surface area contributed by atoms with Gasteiger partial charge in [0.1, 0.15) is 6.61 Å². The summed E-state index contributed by atoms with van der Waals surface area (Å²) in [6.07, 6.45) is 0.879. The number of nitrogens with one attached hydrogen (secondary N) is 2. The monoisotopic (exact) mass is 440 g/mol. The molecular formula is C22H31F3N4O2. The van der Waals surface area contributed by atoms with Crippen LogP contribution < -0.4 is 10.6 Å². The van der Waals surface area contributed by atoms with Gasteiger partial charge in [-0.15, -0.1) is 0 Å². The van der Waals surface area contributed by atoms with Gasteiger partial charge in [0.05, 0.1) is 6.61 Å². The van der Waals surface area contributed by atoms with E-state index in [9.17, 15) is 18.0 Å². The summed E-state index contributed by atoms with van der Waals surface area (Å²) in [6, 6.07) is 7.39. The predicted molar refractivity (Wildman–Crippen MR) is 112 cm³/mol. The second kappa shape index (κ2) is 10.8. The Bertz CT molecular complexity index is 763. The molecule has 1 unspecified atom stereocenters. The average Bonchev–Trinajstić information content (AvgIpc) is 3.42. The standard InChI is InChI=1S/C22H31F3N4O2/c1-26-21(28-19-9-10-29(13-19)20(30)18-7-2-3-8-18)27-12-16-5-4-6-17(11-16)14-31-15-22(23,24)25/h4-6,11,18-19H,2-3,7-10,12-15H2,1H3,(H2,26,27,28). The van der Waals surface area contributed by atoms with Crippen molar-refractivity contribution in [3.63, 3.8) is 0 Å². The van der Waals surface area contributed by atoms with Gasteiger partial charge >= 0.3 is 6.18 Å². The summed E-state index contributed by atoms with van der Waals surface area (Å²) in [7, 11) is 1.69. The van der Waals surface area contributed by atoms with Gasteiger partial charge in [0, 0.05) is 38.6 Å². The van der Waals surface area contributed by atoms with Crippen LogP contribution in [-0.4, -0.2) is 55.7 Å². The molecule has 0 radical (unpaired) electrons. The van der Waals surface area contributed by atoms with Crippen LogP contribution in [0.2, 0.25) is 0 Å². The SMILES string of the molecule is CN=C(NCc1cccc(COCC(F)(F)F)c1)NC1CCN(C(=O)C2CCCC2)C1. The number of likely N-dealkylation sites (tertiary alicyclic amines) is 1. The van der Waals surface area contributed by atoms with Crippen LogP contribution in [0.15, 0.2) is 29.3 Å². The van der Waals surface area contributed by atoms with Crippen molar-refractivity contribution in [3.8, 4) is 0 Å². The van der Waals surface area contributed by atoms with Crippen LogP contribution >= 0.6 is 0 Å². The van der Waals surface area contributed by atoms with E-state index in [1.54, 1.807) is 19.2 Å². The molecule has 1 aromatic rings. The van der Waals surface area contributed by atoms with Gasteiger partial charge in [-0.2, -0.15) is 13.2 Å². The van der Waals surface area contributed by atoms with Crippen LogP contribution in [-0.2, 0) is 22.7 Å². The number of aliphatic imine (C=N–C) groups is 1. The fraction of sp³-hybridized carbons (Fsp3) is 0.636. The third-order valence-electron chi connectivity index (χ3n) is 5.75. The Morgan fingerprint density at radius 2 is 1.97 bits per heavy atom. The van der Waals surface area contributed by atoms with Gasteiger partial charge in [0.15, 0.2) is 5.96 Å². The molecule has 1 heterocycles. The molecule has 1 aromatic carbocycles. The number of benzene rings is 1. The van der Waals surface area contributed by atoms with E-state index in [1.807, 2.05) is 17.0 Å². The van der Waals surface area contributed by atoms with Gasteiger partial charge in [0.25, 0.3) is 0 Å². The van der Waals surface area contributed by atoms with Crippen molar-refractivity contribution < 1.29 is 22.7 Å². The summed E-state index contributed by atoms with van der Waals surface area (Å²) in [4.78, 5) is 18.8. The normalized spacial score (nSPS) is 20.3. The van der Waals surface area contributed by atoms with Crippen molar-refractivity contribution in [1.29, 1.82) is 0 Å². The molecule has 0 bridgehead atoms. The van der Waals surface area contributed by atoms with Gasteiger partial charge in [-0.1, -0.05) is 37.1 Å². The number of alkyl halides is 3. The second-order valence-corrected chi connectivity index (χ2v) is 8.25. The minimum absolute atomic E-state index is 0.0900. The number of guanidine groups is 1. The number of hydrogen-bond donors (Lipinski definition) is 2. The quantitative estimate of drug-likeness (QED) is 0.505. The Balaban J connectivity index is 1.43. The first-order chi connectivity index (χ1) is 14.8. The van der Waals surface area contributed by atoms with Crippen molar-refractivity contribution in [2.45, 2.75) is 57.5 Å². The zero-order valence-corrected chi connectivity index (χ0v) is 17.9. The fourth-order valence-electron chi connectivity index (χ4n) is 4.20. The summed E-state index contributed by atoms with van der Waals surface area (Å²) in [6.45, 7) is 0.581. The van der Waals surface area contributed by atoms with E-state index < -0.39 is 12.8 Å². The maximum absolute atomic E-state index is 12.6. The Morgan fingerprint density at radius 3 is 2.68 bits per heavy atom. The lowest BCUT2D eigenvalue weighted by molar-refractivity contribution is -0.176. The van der Waals surface area contributed by atoms with Crippen LogP contribution in [0, 0.1) is 5.92 Å². The smallest absolute Gasteiger partial charge is 0.367 e. The van der Waals surface area contributed by atoms with E-state index in [-0.39, 0.29) is 24.5 Å². The molecule has 1 saturated carbocycles. The van der Waals surface area contributed by atoms with Gasteiger partial charge in [0.2, 0.25) is 5.91 Å². The van der Waals surface area contributed by atoms with Gasteiger partial charge in [-0.05, 0) is 30.4 Å². The summed E-state index contributed by atoms with van der Waals surface area (Å²) >= 11 is 0. The molecule has 31 heavy (non-hydrogen) atoms. The molecule has 0 aromatic heterocycles. The molecule has 1 aliphatic carbocycles. The zero-order chi connectivity index (χ0) is 22.3. The van der Waals surface area contributed by atoms with Crippen molar-refractivity contribution in [3.05, 3.63) is 35.4 Å². The van der Waals surface area contributed by atoms with Crippen molar-refractivity contribution in [1.82, 2.24) is 15.5 Å². The summed E-state index contributed by atoms with van der Waals surface area (Å²) in [5.41, 5.74) is 1.60. The van der Waals surface area contributed by atoms with Crippen molar-refractivity contribution >= 4 is 11.9 Å². The first-order valence-corrected chi connectivity index (χ1v) is 10.8. The number of carbonyl (C=O) groups is 1. The van der Waals surface area contributed by atoms with E-state index in [1.165, 1.54) is 0 Å². The molecule has 1 atom stereocenters. The first-order valence-electron chi connectivity index (χ1n) is 10.8. The van der Waals surface area contributed by atoms with Crippen molar-refractivity contribution in [2.75, 3.05) is 26.7 Å². The van der Waals surface area contributed by atoms with E-state index in [2.05, 4.69) is 15.6 Å². The zero-order valence-electron chi connectivity index (χ0n) is 17.9. The van der Waals surface area contributed by atoms with Gasteiger partial charge < -0.3 is 20.3 Å². The van der Waals surface area contributed by atoms with E-state index in [4.69, 9.17) is 4.74 Å². The molecule has 2 N–H and O–H groups in total. The number of rotatable bonds is 7. The molecule has 0 spiro atoms. The summed E-state index contributed by atoms with van der Waals surface area (Å²) in [5.74, 6) is 1.12. The third kappa shape index (κ3) is 7.41. The Labute approximate surface area is 181 Å². The van der Waals surface area contributed by atoms with Crippen LogP contribution in [0.3, 0.4) is 0 Å². The lowest BCUT2D eigenvalue weighted by Gasteiger charge is -2.21. The minimum Gasteiger partial charge on any atom is -0.367 e. The topological polar surface area (TPSA) is 66.0 Å². The highest BCUT2D eigenvalue weighted by atomic mass is 19.4. The lowest BCUT2D eigenvalue weighted by Crippen LogP contribution is -2.45. The number of carbonyl (C=O) groups excluding carboxylic acids is 1. The molecule has 172 valence electrons. The lowest BCUT2D eigenvalue weighted by atomic mass is 10.1. The molecular weight excluding hydrogens is 409 g/mol. The van der Waals surface area contributed by atoms with Gasteiger partial charge in [-0.3, -0.25) is 9.79 Å². The predicted octanol–water partition coefficient (Wildman–Crippen LogP) is 3.22. The summed E-state index contributed by atoms with van der Waals surface area (Å²) < 4.78 is 41.4. The van der Waals surface area contributed by atoms with Crippen LogP contribution in [0.25, 0.3) is 0 Å². The van der Waals surface area contributed by atoms with Gasteiger partial charge in [-0.25, -0.2) is 0 Å². The van der Waals surface area contributed by atoms with Crippen molar-refractivity contribution in [2.24, 2.45) is 10.9 Å². The third-order valence-corrected chi connectivity index (χ3v) is 5.75. The Hall–Kier alpha value is -2.29. The highest BCUT2D eigenvalue weighted by Gasteiger charge is 2.32. The number of ether oxygens (including phenoxy) is 1. The second-order valence-electron chi connectivity index (χ2n) is 8.25. The molecule has 9 heteroatoms. The van der Waals surface area contributed by atoms with Crippen LogP contribution in [0.5, 0.6) is 0 Å². The molecule has 2 fully saturated rings. The molecule has 1 saturated heterocycles. The molecule has 6 nitrogen and oxygen atoms in total. The number of nitrogens with zero attached hydrogens (tertiary/aromatic N) is 2. The maximum Gasteiger partial charge on any atom is 0.411 e. The van der Waals surface area contributed by atoms with E-state index in [0.29, 0.717) is 24.6 Å². The molecule has 3 rings (SSSR count). The minimum atomic E-state index is -4.32. The first kappa shape index (κ1) is 23.4. The largest absolute Gasteiger partial charge is 0.411 e. The van der Waals surface area contributed by atoms with Crippen LogP contribution in [0.4, 0.5) is 13.2 Å². The molecule has 2 aliphatic rings. The highest BCUT2D eigenvalue weighted by Crippen LogP contribution is 2.27. The van der Waals surface area contributed by atoms with Crippen LogP contribution in [0.1, 0.15) is 43.2 Å². The van der Waals surface area contributed by atoms with E-state index >= 15 is 0 Å². The number of hydrogen-bond acceptors (Lipinski definition) is 3. The average molecular weight is 441 g/mol. The highest BCUT2D eigenvalue weighted by molar-refractivity contribution is 5.81. The number of halogens is 3. The maximum atomic E-state index is 12.6. The molecule has 1 aliphatic heterocycles. The Morgan fingerprint density at radius 1 is 1.23 bits per heavy atom.